The molecule has 0 unspecified atom stereocenters. The van der Waals surface area contributed by atoms with Gasteiger partial charge in [0.2, 0.25) is 0 Å². The lowest BCUT2D eigenvalue weighted by atomic mass is 10.0. The summed E-state index contributed by atoms with van der Waals surface area (Å²) in [5, 5.41) is 3.72. The Kier molecular flexibility index (Phi) is 6.60. The van der Waals surface area contributed by atoms with Gasteiger partial charge in [-0.25, -0.2) is 23.1 Å². The zero-order valence-electron chi connectivity index (χ0n) is 22.2. The molecule has 2 bridgehead atoms. The SMILES string of the molecule is CC(C)c1nccc2c1-n1c(=O)nc(N3CCNC[C@@H]3C)c3cc(F)c(nc31)-c1c(F)cccc1COCC2. The summed E-state index contributed by atoms with van der Waals surface area (Å²) in [6.45, 7) is 8.42. The molecule has 202 valence electrons. The second kappa shape index (κ2) is 10.1. The molecule has 2 aliphatic rings. The molecule has 1 fully saturated rings. The van der Waals surface area contributed by atoms with Crippen LogP contribution in [0.4, 0.5) is 14.6 Å². The van der Waals surface area contributed by atoms with Crippen molar-refractivity contribution < 1.29 is 13.5 Å². The highest BCUT2D eigenvalue weighted by atomic mass is 19.1. The first kappa shape index (κ1) is 25.5. The van der Waals surface area contributed by atoms with E-state index in [1.807, 2.05) is 31.7 Å². The number of ether oxygens (including phenoxy) is 1. The fourth-order valence-electron chi connectivity index (χ4n) is 5.57. The van der Waals surface area contributed by atoms with Gasteiger partial charge in [0, 0.05) is 37.4 Å². The number of nitrogens with one attached hydrogen (secondary N) is 1. The van der Waals surface area contributed by atoms with E-state index in [9.17, 15) is 4.79 Å². The predicted molar refractivity (Wildman–Crippen MR) is 145 cm³/mol. The van der Waals surface area contributed by atoms with E-state index in [1.165, 1.54) is 16.7 Å². The third-order valence-electron chi connectivity index (χ3n) is 7.49. The summed E-state index contributed by atoms with van der Waals surface area (Å²) in [5.74, 6) is -0.958. The number of rotatable bonds is 2. The molecule has 8 nitrogen and oxygen atoms in total. The van der Waals surface area contributed by atoms with E-state index >= 15 is 8.78 Å². The van der Waals surface area contributed by atoms with Crippen LogP contribution in [0.5, 0.6) is 0 Å². The number of aromatic nitrogens is 4. The summed E-state index contributed by atoms with van der Waals surface area (Å²) in [6.07, 6.45) is 2.21. The van der Waals surface area contributed by atoms with E-state index in [0.717, 1.165) is 5.56 Å². The van der Waals surface area contributed by atoms with Crippen LogP contribution < -0.4 is 15.9 Å². The minimum Gasteiger partial charge on any atom is -0.376 e. The molecule has 5 heterocycles. The molecule has 3 aromatic heterocycles. The van der Waals surface area contributed by atoms with Crippen molar-refractivity contribution in [2.75, 3.05) is 31.1 Å². The van der Waals surface area contributed by atoms with Crippen molar-refractivity contribution in [3.8, 4) is 16.9 Å². The van der Waals surface area contributed by atoms with Crippen LogP contribution in [0.3, 0.4) is 0 Å². The minimum absolute atomic E-state index is 0.0218. The standard InChI is InChI=1S/C29H30F2N6O2/c1-16(2)24-26-18(7-9-33-24)8-12-39-15-19-5-4-6-21(30)23(19)25-22(31)13-20-27(36-11-10-32-14-17(36)3)35-29(38)37(26)28(20)34-25/h4-7,9,13,16-17,32H,8,10-12,14-15H2,1-3H3/t17-/m0/s1. The maximum atomic E-state index is 16.0. The van der Waals surface area contributed by atoms with Crippen LogP contribution >= 0.6 is 0 Å². The monoisotopic (exact) mass is 532 g/mol. The lowest BCUT2D eigenvalue weighted by molar-refractivity contribution is 0.124. The number of hydrogen-bond donors (Lipinski definition) is 1. The molecule has 10 heteroatoms. The molecule has 1 saturated heterocycles. The summed E-state index contributed by atoms with van der Waals surface area (Å²) < 4.78 is 38.6. The van der Waals surface area contributed by atoms with Crippen molar-refractivity contribution in [2.45, 2.75) is 45.8 Å². The highest BCUT2D eigenvalue weighted by molar-refractivity contribution is 5.90. The third kappa shape index (κ3) is 4.37. The molecular weight excluding hydrogens is 502 g/mol. The highest BCUT2D eigenvalue weighted by Crippen LogP contribution is 2.35. The molecule has 39 heavy (non-hydrogen) atoms. The van der Waals surface area contributed by atoms with Gasteiger partial charge in [-0.15, -0.1) is 0 Å². The number of anilines is 1. The van der Waals surface area contributed by atoms with Gasteiger partial charge in [0.1, 0.15) is 23.1 Å². The normalized spacial score (nSPS) is 17.6. The Balaban J connectivity index is 1.77. The molecule has 2 aliphatic heterocycles. The Labute approximate surface area is 224 Å². The van der Waals surface area contributed by atoms with Crippen molar-refractivity contribution in [3.05, 3.63) is 75.5 Å². The van der Waals surface area contributed by atoms with Gasteiger partial charge >= 0.3 is 5.69 Å². The first-order chi connectivity index (χ1) is 18.8. The van der Waals surface area contributed by atoms with E-state index in [1.54, 1.807) is 18.3 Å². The number of halogens is 2. The number of piperazine rings is 1. The van der Waals surface area contributed by atoms with Crippen LogP contribution in [-0.4, -0.2) is 51.8 Å². The molecule has 1 atom stereocenters. The molecular formula is C29H30F2N6O2. The van der Waals surface area contributed by atoms with Gasteiger partial charge in [-0.05, 0) is 48.6 Å². The zero-order valence-corrected chi connectivity index (χ0v) is 22.2. The van der Waals surface area contributed by atoms with Crippen LogP contribution in [0.1, 0.15) is 43.5 Å². The zero-order chi connectivity index (χ0) is 27.3. The molecule has 0 radical (unpaired) electrons. The first-order valence-corrected chi connectivity index (χ1v) is 13.3. The van der Waals surface area contributed by atoms with Crippen LogP contribution in [0, 0.1) is 11.6 Å². The minimum atomic E-state index is -0.697. The maximum absolute atomic E-state index is 16.0. The van der Waals surface area contributed by atoms with Crippen LogP contribution in [0.15, 0.2) is 41.3 Å². The fraction of sp³-hybridized carbons (Fsp3) is 0.379. The number of fused-ring (bicyclic) bond motifs is 5. The number of benzene rings is 1. The first-order valence-electron chi connectivity index (χ1n) is 13.3. The van der Waals surface area contributed by atoms with E-state index < -0.39 is 17.3 Å². The van der Waals surface area contributed by atoms with Gasteiger partial charge < -0.3 is 15.0 Å². The van der Waals surface area contributed by atoms with Gasteiger partial charge in [-0.1, -0.05) is 26.0 Å². The van der Waals surface area contributed by atoms with Gasteiger partial charge in [0.15, 0.2) is 5.65 Å². The molecule has 0 saturated carbocycles. The Morgan fingerprint density at radius 2 is 1.97 bits per heavy atom. The van der Waals surface area contributed by atoms with Crippen LogP contribution in [0.2, 0.25) is 0 Å². The second-order valence-electron chi connectivity index (χ2n) is 10.4. The Morgan fingerprint density at radius 3 is 2.77 bits per heavy atom. The van der Waals surface area contributed by atoms with E-state index in [4.69, 9.17) is 9.72 Å². The van der Waals surface area contributed by atoms with Crippen LogP contribution in [-0.2, 0) is 17.8 Å². The summed E-state index contributed by atoms with van der Waals surface area (Å²) in [5.41, 5.74) is 2.12. The molecule has 1 N–H and O–H groups in total. The maximum Gasteiger partial charge on any atom is 0.355 e. The number of nitrogens with zero attached hydrogens (tertiary/aromatic N) is 5. The predicted octanol–water partition coefficient (Wildman–Crippen LogP) is 4.12. The average molecular weight is 533 g/mol. The summed E-state index contributed by atoms with van der Waals surface area (Å²) >= 11 is 0. The lowest BCUT2D eigenvalue weighted by Gasteiger charge is -2.35. The van der Waals surface area contributed by atoms with Crippen molar-refractivity contribution in [1.82, 2.24) is 24.8 Å². The molecule has 0 aliphatic carbocycles. The molecule has 0 spiro atoms. The smallest absolute Gasteiger partial charge is 0.355 e. The Morgan fingerprint density at radius 1 is 1.13 bits per heavy atom. The van der Waals surface area contributed by atoms with Crippen molar-refractivity contribution in [3.63, 3.8) is 0 Å². The van der Waals surface area contributed by atoms with Gasteiger partial charge in [-0.3, -0.25) is 4.98 Å². The number of pyridine rings is 2. The van der Waals surface area contributed by atoms with Gasteiger partial charge in [0.05, 0.1) is 30.0 Å². The second-order valence-corrected chi connectivity index (χ2v) is 10.4. The van der Waals surface area contributed by atoms with E-state index in [0.29, 0.717) is 60.8 Å². The molecule has 6 rings (SSSR count). The highest BCUT2D eigenvalue weighted by Gasteiger charge is 2.29. The fourth-order valence-corrected chi connectivity index (χ4v) is 5.57. The molecule has 4 aromatic rings. The Bertz CT molecular complexity index is 1640. The summed E-state index contributed by atoms with van der Waals surface area (Å²) in [4.78, 5) is 29.8. The quantitative estimate of drug-likeness (QED) is 0.416. The summed E-state index contributed by atoms with van der Waals surface area (Å²) in [7, 11) is 0. The summed E-state index contributed by atoms with van der Waals surface area (Å²) in [6, 6.07) is 7.77. The van der Waals surface area contributed by atoms with Crippen molar-refractivity contribution >= 4 is 16.9 Å². The van der Waals surface area contributed by atoms with Crippen molar-refractivity contribution in [2.24, 2.45) is 0 Å². The number of hydrogen-bond acceptors (Lipinski definition) is 7. The van der Waals surface area contributed by atoms with Crippen LogP contribution in [0.25, 0.3) is 28.0 Å². The average Bonchev–Trinajstić information content (AvgIpc) is 2.91. The van der Waals surface area contributed by atoms with E-state index in [2.05, 4.69) is 15.3 Å². The third-order valence-corrected chi connectivity index (χ3v) is 7.49. The lowest BCUT2D eigenvalue weighted by Crippen LogP contribution is -2.50. The van der Waals surface area contributed by atoms with Crippen molar-refractivity contribution in [1.29, 1.82) is 0 Å². The van der Waals surface area contributed by atoms with E-state index in [-0.39, 0.29) is 35.5 Å². The van der Waals surface area contributed by atoms with Gasteiger partial charge in [-0.2, -0.15) is 4.98 Å². The molecule has 1 aromatic carbocycles. The molecule has 0 amide bonds. The largest absolute Gasteiger partial charge is 0.376 e. The Hall–Kier alpha value is -3.76. The van der Waals surface area contributed by atoms with Gasteiger partial charge in [0.25, 0.3) is 0 Å². The topological polar surface area (TPSA) is 85.2 Å².